The molecule has 31 heavy (non-hydrogen) atoms. The van der Waals surface area contributed by atoms with Crippen molar-refractivity contribution >= 4 is 21.8 Å². The topological polar surface area (TPSA) is 86.8 Å². The van der Waals surface area contributed by atoms with Gasteiger partial charge in [0.2, 0.25) is 15.9 Å². The van der Waals surface area contributed by atoms with Crippen molar-refractivity contribution < 1.29 is 18.0 Å². The Morgan fingerprint density at radius 2 is 1.74 bits per heavy atom. The number of benzene rings is 2. The highest BCUT2D eigenvalue weighted by Crippen LogP contribution is 2.34. The van der Waals surface area contributed by atoms with Crippen LogP contribution in [0.5, 0.6) is 0 Å². The Hall–Kier alpha value is -2.71. The van der Waals surface area contributed by atoms with Gasteiger partial charge in [0, 0.05) is 37.2 Å². The van der Waals surface area contributed by atoms with E-state index in [2.05, 4.69) is 24.4 Å². The largest absolute Gasteiger partial charge is 0.354 e. The van der Waals surface area contributed by atoms with E-state index in [4.69, 9.17) is 0 Å². The molecule has 2 heterocycles. The van der Waals surface area contributed by atoms with E-state index in [9.17, 15) is 18.0 Å². The van der Waals surface area contributed by atoms with Crippen LogP contribution in [-0.4, -0.2) is 62.2 Å². The Labute approximate surface area is 183 Å². The summed E-state index contributed by atoms with van der Waals surface area (Å²) in [6, 6.07) is 16.3. The number of nitrogens with zero attached hydrogens (tertiary/aromatic N) is 2. The van der Waals surface area contributed by atoms with Crippen LogP contribution in [0.4, 0.5) is 0 Å². The molecule has 164 valence electrons. The molecule has 4 rings (SSSR count). The van der Waals surface area contributed by atoms with Gasteiger partial charge in [-0.15, -0.1) is 0 Å². The summed E-state index contributed by atoms with van der Waals surface area (Å²) >= 11 is 0. The smallest absolute Gasteiger partial charge is 0.253 e. The highest BCUT2D eigenvalue weighted by molar-refractivity contribution is 7.89. The van der Waals surface area contributed by atoms with Gasteiger partial charge >= 0.3 is 0 Å². The van der Waals surface area contributed by atoms with E-state index in [0.717, 1.165) is 12.8 Å². The second kappa shape index (κ2) is 8.43. The molecule has 2 aromatic rings. The van der Waals surface area contributed by atoms with Crippen LogP contribution in [0.3, 0.4) is 0 Å². The molecule has 1 N–H and O–H groups in total. The van der Waals surface area contributed by atoms with Gasteiger partial charge in [-0.05, 0) is 42.7 Å². The van der Waals surface area contributed by atoms with Crippen molar-refractivity contribution in [2.24, 2.45) is 0 Å². The van der Waals surface area contributed by atoms with Crippen molar-refractivity contribution in [3.8, 4) is 0 Å². The number of likely N-dealkylation sites (tertiary alicyclic amines) is 1. The Kier molecular flexibility index (Phi) is 5.85. The Morgan fingerprint density at radius 3 is 2.42 bits per heavy atom. The zero-order chi connectivity index (χ0) is 22.1. The first kappa shape index (κ1) is 21.5. The molecule has 0 aliphatic carbocycles. The minimum absolute atomic E-state index is 0.0894. The quantitative estimate of drug-likeness (QED) is 0.786. The zero-order valence-electron chi connectivity index (χ0n) is 17.6. The van der Waals surface area contributed by atoms with Crippen LogP contribution < -0.4 is 5.32 Å². The molecular weight excluding hydrogens is 414 g/mol. The molecule has 2 aromatic carbocycles. The fraction of sp³-hybridized carbons (Fsp3) is 0.391. The molecule has 7 nitrogen and oxygen atoms in total. The first-order valence-electron chi connectivity index (χ1n) is 10.5. The molecule has 2 saturated heterocycles. The van der Waals surface area contributed by atoms with Crippen LogP contribution >= 0.6 is 0 Å². The summed E-state index contributed by atoms with van der Waals surface area (Å²) in [6.07, 6.45) is 1.93. The van der Waals surface area contributed by atoms with E-state index < -0.39 is 10.0 Å². The van der Waals surface area contributed by atoms with Crippen LogP contribution in [0.1, 0.15) is 35.7 Å². The normalized spacial score (nSPS) is 22.7. The predicted octanol–water partition coefficient (Wildman–Crippen LogP) is 2.00. The summed E-state index contributed by atoms with van der Waals surface area (Å²) in [5.41, 5.74) is 1.58. The third kappa shape index (κ3) is 4.36. The van der Waals surface area contributed by atoms with Gasteiger partial charge in [0.1, 0.15) is 0 Å². The Balaban J connectivity index is 1.50. The third-order valence-electron chi connectivity index (χ3n) is 6.20. The number of hydrogen-bond acceptors (Lipinski definition) is 4. The monoisotopic (exact) mass is 441 g/mol. The van der Waals surface area contributed by atoms with Crippen LogP contribution in [0.15, 0.2) is 59.5 Å². The van der Waals surface area contributed by atoms with Gasteiger partial charge in [-0.25, -0.2) is 8.42 Å². The highest BCUT2D eigenvalue weighted by atomic mass is 32.2. The molecule has 2 aliphatic rings. The fourth-order valence-electron chi connectivity index (χ4n) is 4.41. The molecule has 1 unspecified atom stereocenters. The highest BCUT2D eigenvalue weighted by Gasteiger charge is 2.35. The summed E-state index contributed by atoms with van der Waals surface area (Å²) < 4.78 is 26.8. The van der Waals surface area contributed by atoms with E-state index in [-0.39, 0.29) is 35.2 Å². The summed E-state index contributed by atoms with van der Waals surface area (Å²) in [5, 5.41) is 2.62. The first-order chi connectivity index (χ1) is 14.8. The number of piperazine rings is 1. The molecule has 2 fully saturated rings. The maximum Gasteiger partial charge on any atom is 0.253 e. The maximum atomic E-state index is 13.1. The number of rotatable bonds is 4. The summed E-state index contributed by atoms with van der Waals surface area (Å²) in [5.74, 6) is -0.406. The summed E-state index contributed by atoms with van der Waals surface area (Å²) in [6.45, 7) is 3.84. The number of carbonyl (C=O) groups is 2. The number of hydrogen-bond donors (Lipinski definition) is 1. The van der Waals surface area contributed by atoms with Gasteiger partial charge in [0.25, 0.3) is 5.91 Å². The van der Waals surface area contributed by atoms with E-state index in [1.165, 1.54) is 22.0 Å². The van der Waals surface area contributed by atoms with Crippen molar-refractivity contribution in [2.45, 2.75) is 30.1 Å². The van der Waals surface area contributed by atoms with Crippen LogP contribution in [0.2, 0.25) is 0 Å². The van der Waals surface area contributed by atoms with Gasteiger partial charge in [-0.1, -0.05) is 37.3 Å². The van der Waals surface area contributed by atoms with Crippen molar-refractivity contribution in [1.29, 1.82) is 0 Å². The number of piperidine rings is 1. The van der Waals surface area contributed by atoms with Crippen molar-refractivity contribution in [2.75, 3.05) is 32.7 Å². The van der Waals surface area contributed by atoms with Crippen molar-refractivity contribution in [1.82, 2.24) is 14.5 Å². The van der Waals surface area contributed by atoms with Gasteiger partial charge in [0.05, 0.1) is 11.4 Å². The van der Waals surface area contributed by atoms with Crippen molar-refractivity contribution in [3.63, 3.8) is 0 Å². The molecule has 8 heteroatoms. The van der Waals surface area contributed by atoms with Gasteiger partial charge in [-0.3, -0.25) is 9.59 Å². The molecule has 0 aromatic heterocycles. The second-order valence-electron chi connectivity index (χ2n) is 8.47. The molecule has 2 aliphatic heterocycles. The zero-order valence-corrected chi connectivity index (χ0v) is 18.4. The minimum atomic E-state index is -3.77. The van der Waals surface area contributed by atoms with Gasteiger partial charge in [0.15, 0.2) is 0 Å². The van der Waals surface area contributed by atoms with Gasteiger partial charge in [-0.2, -0.15) is 4.31 Å². The van der Waals surface area contributed by atoms with Crippen LogP contribution in [-0.2, 0) is 20.2 Å². The predicted molar refractivity (Wildman–Crippen MR) is 117 cm³/mol. The molecule has 0 radical (unpaired) electrons. The Morgan fingerprint density at radius 1 is 1.03 bits per heavy atom. The average Bonchev–Trinajstić information content (AvgIpc) is 2.79. The van der Waals surface area contributed by atoms with Crippen LogP contribution in [0.25, 0.3) is 0 Å². The number of carbonyl (C=O) groups excluding carboxylic acids is 2. The molecule has 0 spiro atoms. The van der Waals surface area contributed by atoms with Crippen LogP contribution in [0, 0.1) is 0 Å². The van der Waals surface area contributed by atoms with Crippen molar-refractivity contribution in [3.05, 3.63) is 65.7 Å². The molecule has 2 amide bonds. The lowest BCUT2D eigenvalue weighted by atomic mass is 9.76. The van der Waals surface area contributed by atoms with E-state index >= 15 is 0 Å². The molecule has 1 atom stereocenters. The van der Waals surface area contributed by atoms with Gasteiger partial charge < -0.3 is 10.2 Å². The third-order valence-corrected chi connectivity index (χ3v) is 8.06. The Bertz CT molecular complexity index is 1070. The fourth-order valence-corrected chi connectivity index (χ4v) is 5.81. The lowest BCUT2D eigenvalue weighted by molar-refractivity contribution is -0.122. The van der Waals surface area contributed by atoms with E-state index in [1.807, 2.05) is 23.1 Å². The summed E-state index contributed by atoms with van der Waals surface area (Å²) in [7, 11) is -3.77. The van der Waals surface area contributed by atoms with E-state index in [0.29, 0.717) is 25.2 Å². The number of amides is 2. The number of nitrogens with one attached hydrogen (secondary N) is 1. The lowest BCUT2D eigenvalue weighted by Gasteiger charge is -2.41. The first-order valence-corrected chi connectivity index (χ1v) is 12.0. The van der Waals surface area contributed by atoms with E-state index in [1.54, 1.807) is 12.1 Å². The summed E-state index contributed by atoms with van der Waals surface area (Å²) in [4.78, 5) is 26.6. The number of sulfonamides is 1. The molecular formula is C23H27N3O4S. The second-order valence-corrected chi connectivity index (χ2v) is 10.4. The SMILES string of the molecule is CC1(c2ccccc2)CCCN(C(=O)c2ccc(S(=O)(=O)N3CCNC(=O)C3)cc2)C1. The molecule has 0 saturated carbocycles. The minimum Gasteiger partial charge on any atom is -0.354 e. The molecule has 0 bridgehead atoms. The maximum absolute atomic E-state index is 13.1. The average molecular weight is 442 g/mol. The lowest BCUT2D eigenvalue weighted by Crippen LogP contribution is -2.49. The standard InChI is InChI=1S/C23H27N3O4S/c1-23(19-6-3-2-4-7-19)12-5-14-25(17-23)22(28)18-8-10-20(11-9-18)31(29,30)26-15-13-24-21(27)16-26/h2-4,6-11H,5,12-17H2,1H3,(H,24,27).